The van der Waals surface area contributed by atoms with Crippen LogP contribution in [0.3, 0.4) is 0 Å². The smallest absolute Gasteiger partial charge is 0.409 e. The number of carbonyl (C=O) groups is 1. The molecule has 2 aliphatic heterocycles. The van der Waals surface area contributed by atoms with Gasteiger partial charge >= 0.3 is 6.09 Å². The van der Waals surface area contributed by atoms with E-state index in [0.29, 0.717) is 13.2 Å². The summed E-state index contributed by atoms with van der Waals surface area (Å²) < 4.78 is 10.3. The number of ether oxygens (including phenoxy) is 2. The molecule has 2 saturated heterocycles. The Morgan fingerprint density at radius 2 is 2.00 bits per heavy atom. The van der Waals surface area contributed by atoms with Gasteiger partial charge in [-0.15, -0.1) is 0 Å². The van der Waals surface area contributed by atoms with Crippen LogP contribution in [0.1, 0.15) is 6.92 Å². The van der Waals surface area contributed by atoms with Crippen molar-refractivity contribution < 1.29 is 14.3 Å². The van der Waals surface area contributed by atoms with Crippen LogP contribution in [0.5, 0.6) is 0 Å². The summed E-state index contributed by atoms with van der Waals surface area (Å²) in [6.45, 7) is 8.69. The fourth-order valence-corrected chi connectivity index (χ4v) is 2.44. The Morgan fingerprint density at radius 3 is 2.44 bits per heavy atom. The van der Waals surface area contributed by atoms with Gasteiger partial charge in [-0.25, -0.2) is 4.79 Å². The fourth-order valence-electron chi connectivity index (χ4n) is 2.44. The standard InChI is InChI=1S/C12H23N3O3/c1-2-18-11(16)15-5-3-14(4-6-15)8-12(7-13)9-17-10-12/h2-10,13H2,1H3. The Bertz CT molecular complexity index is 281. The molecule has 6 heteroatoms. The topological polar surface area (TPSA) is 68.0 Å². The van der Waals surface area contributed by atoms with E-state index in [1.165, 1.54) is 0 Å². The number of hydrogen-bond acceptors (Lipinski definition) is 5. The van der Waals surface area contributed by atoms with Crippen LogP contribution in [-0.2, 0) is 9.47 Å². The molecule has 2 fully saturated rings. The maximum absolute atomic E-state index is 11.6. The van der Waals surface area contributed by atoms with Crippen molar-refractivity contribution in [2.45, 2.75) is 6.92 Å². The van der Waals surface area contributed by atoms with E-state index in [9.17, 15) is 4.79 Å². The lowest BCUT2D eigenvalue weighted by Gasteiger charge is -2.45. The highest BCUT2D eigenvalue weighted by Crippen LogP contribution is 2.27. The Labute approximate surface area is 108 Å². The van der Waals surface area contributed by atoms with Gasteiger partial charge in [-0.2, -0.15) is 0 Å². The molecule has 0 spiro atoms. The lowest BCUT2D eigenvalue weighted by molar-refractivity contribution is -0.122. The monoisotopic (exact) mass is 257 g/mol. The van der Waals surface area contributed by atoms with Crippen molar-refractivity contribution in [3.63, 3.8) is 0 Å². The molecule has 6 nitrogen and oxygen atoms in total. The molecule has 0 aromatic heterocycles. The SMILES string of the molecule is CCOC(=O)N1CCN(CC2(CN)COC2)CC1. The number of piperazine rings is 1. The highest BCUT2D eigenvalue weighted by atomic mass is 16.6. The van der Waals surface area contributed by atoms with E-state index in [1.54, 1.807) is 4.90 Å². The highest BCUT2D eigenvalue weighted by Gasteiger charge is 2.39. The average molecular weight is 257 g/mol. The Balaban J connectivity index is 1.75. The minimum Gasteiger partial charge on any atom is -0.450 e. The zero-order valence-corrected chi connectivity index (χ0v) is 11.1. The molecule has 0 aromatic carbocycles. The predicted octanol–water partition coefficient (Wildman–Crippen LogP) is -0.264. The maximum atomic E-state index is 11.6. The Morgan fingerprint density at radius 1 is 1.33 bits per heavy atom. The molecular formula is C12H23N3O3. The molecule has 0 atom stereocenters. The zero-order valence-electron chi connectivity index (χ0n) is 11.1. The summed E-state index contributed by atoms with van der Waals surface area (Å²) in [6.07, 6.45) is -0.197. The second-order valence-corrected chi connectivity index (χ2v) is 5.16. The summed E-state index contributed by atoms with van der Waals surface area (Å²) in [6, 6.07) is 0. The first-order chi connectivity index (χ1) is 8.69. The Hall–Kier alpha value is -0.850. The van der Waals surface area contributed by atoms with E-state index >= 15 is 0 Å². The second kappa shape index (κ2) is 5.86. The lowest BCUT2D eigenvalue weighted by Crippen LogP contribution is -2.58. The first-order valence-corrected chi connectivity index (χ1v) is 6.61. The number of nitrogens with zero attached hydrogens (tertiary/aromatic N) is 2. The third kappa shape index (κ3) is 2.93. The van der Waals surface area contributed by atoms with Gasteiger partial charge in [-0.3, -0.25) is 4.90 Å². The van der Waals surface area contributed by atoms with Crippen LogP contribution in [0.4, 0.5) is 4.79 Å². The minimum absolute atomic E-state index is 0.145. The third-order valence-electron chi connectivity index (χ3n) is 3.71. The van der Waals surface area contributed by atoms with Gasteiger partial charge in [0.1, 0.15) is 0 Å². The van der Waals surface area contributed by atoms with Gasteiger partial charge in [0.2, 0.25) is 0 Å². The van der Waals surface area contributed by atoms with Gasteiger partial charge in [0.25, 0.3) is 0 Å². The van der Waals surface area contributed by atoms with E-state index in [0.717, 1.165) is 45.9 Å². The molecule has 0 aromatic rings. The van der Waals surface area contributed by atoms with Crippen molar-refractivity contribution in [1.82, 2.24) is 9.80 Å². The molecule has 0 unspecified atom stereocenters. The first kappa shape index (κ1) is 13.6. The van der Waals surface area contributed by atoms with Crippen molar-refractivity contribution in [2.24, 2.45) is 11.1 Å². The van der Waals surface area contributed by atoms with E-state index in [2.05, 4.69) is 4.90 Å². The van der Waals surface area contributed by atoms with Crippen LogP contribution in [0.15, 0.2) is 0 Å². The average Bonchev–Trinajstić information content (AvgIpc) is 2.35. The predicted molar refractivity (Wildman–Crippen MR) is 67.3 cm³/mol. The molecule has 0 bridgehead atoms. The molecule has 0 radical (unpaired) electrons. The number of carbonyl (C=O) groups excluding carboxylic acids is 1. The van der Waals surface area contributed by atoms with Gasteiger partial charge in [0, 0.05) is 44.7 Å². The van der Waals surface area contributed by atoms with Crippen molar-refractivity contribution in [3.8, 4) is 0 Å². The number of rotatable bonds is 4. The maximum Gasteiger partial charge on any atom is 0.409 e. The Kier molecular flexibility index (Phi) is 4.42. The van der Waals surface area contributed by atoms with Crippen LogP contribution in [-0.4, -0.2) is 75.0 Å². The first-order valence-electron chi connectivity index (χ1n) is 6.61. The third-order valence-corrected chi connectivity index (χ3v) is 3.71. The molecule has 2 heterocycles. The van der Waals surface area contributed by atoms with Crippen LogP contribution < -0.4 is 5.73 Å². The molecule has 2 N–H and O–H groups in total. The van der Waals surface area contributed by atoms with Gasteiger partial charge in [-0.1, -0.05) is 0 Å². The van der Waals surface area contributed by atoms with E-state index in [1.807, 2.05) is 6.92 Å². The zero-order chi connectivity index (χ0) is 13.0. The summed E-state index contributed by atoms with van der Waals surface area (Å²) >= 11 is 0. The summed E-state index contributed by atoms with van der Waals surface area (Å²) in [7, 11) is 0. The molecule has 18 heavy (non-hydrogen) atoms. The van der Waals surface area contributed by atoms with Crippen LogP contribution in [0.2, 0.25) is 0 Å². The summed E-state index contributed by atoms with van der Waals surface area (Å²) in [5.74, 6) is 0. The summed E-state index contributed by atoms with van der Waals surface area (Å²) in [4.78, 5) is 15.7. The number of amides is 1. The quantitative estimate of drug-likeness (QED) is 0.751. The normalized spacial score (nSPS) is 23.6. The van der Waals surface area contributed by atoms with Gasteiger partial charge in [-0.05, 0) is 6.92 Å². The fraction of sp³-hybridized carbons (Fsp3) is 0.917. The molecule has 0 aliphatic carbocycles. The second-order valence-electron chi connectivity index (χ2n) is 5.16. The van der Waals surface area contributed by atoms with Gasteiger partial charge in [0.15, 0.2) is 0 Å². The van der Waals surface area contributed by atoms with E-state index < -0.39 is 0 Å². The summed E-state index contributed by atoms with van der Waals surface area (Å²) in [5, 5.41) is 0. The molecule has 0 saturated carbocycles. The number of hydrogen-bond donors (Lipinski definition) is 1. The lowest BCUT2D eigenvalue weighted by atomic mass is 9.85. The molecule has 104 valence electrons. The van der Waals surface area contributed by atoms with Crippen molar-refractivity contribution >= 4 is 6.09 Å². The van der Waals surface area contributed by atoms with E-state index in [-0.39, 0.29) is 11.5 Å². The molecule has 2 aliphatic rings. The van der Waals surface area contributed by atoms with Gasteiger partial charge in [0.05, 0.1) is 19.8 Å². The largest absolute Gasteiger partial charge is 0.450 e. The van der Waals surface area contributed by atoms with Crippen molar-refractivity contribution in [3.05, 3.63) is 0 Å². The summed E-state index contributed by atoms with van der Waals surface area (Å²) in [5.41, 5.74) is 5.95. The molecule has 1 amide bonds. The highest BCUT2D eigenvalue weighted by molar-refractivity contribution is 5.67. The number of nitrogens with two attached hydrogens (primary N) is 1. The van der Waals surface area contributed by atoms with E-state index in [4.69, 9.17) is 15.2 Å². The van der Waals surface area contributed by atoms with Crippen LogP contribution in [0.25, 0.3) is 0 Å². The van der Waals surface area contributed by atoms with Gasteiger partial charge < -0.3 is 20.1 Å². The van der Waals surface area contributed by atoms with Crippen LogP contribution >= 0.6 is 0 Å². The molecular weight excluding hydrogens is 234 g/mol. The van der Waals surface area contributed by atoms with Crippen molar-refractivity contribution in [2.75, 3.05) is 59.1 Å². The van der Waals surface area contributed by atoms with Crippen LogP contribution in [0, 0.1) is 5.41 Å². The van der Waals surface area contributed by atoms with Crippen molar-refractivity contribution in [1.29, 1.82) is 0 Å². The molecule has 2 rings (SSSR count). The minimum atomic E-state index is -0.197.